The number of carbonyl (C=O) groups is 1. The van der Waals surface area contributed by atoms with Gasteiger partial charge in [-0.15, -0.1) is 0 Å². The molecule has 0 aromatic carbocycles. The van der Waals surface area contributed by atoms with Crippen molar-refractivity contribution in [2.45, 2.75) is 12.5 Å². The van der Waals surface area contributed by atoms with E-state index in [1.807, 2.05) is 0 Å². The Morgan fingerprint density at radius 3 is 2.22 bits per heavy atom. The Labute approximate surface area is 69.9 Å². The van der Waals surface area contributed by atoms with Crippen LogP contribution in [0.5, 0.6) is 0 Å². The van der Waals surface area contributed by atoms with Crippen LogP contribution in [-0.4, -0.2) is 39.4 Å². The van der Waals surface area contributed by atoms with Crippen LogP contribution in [-0.2, 0) is 4.79 Å². The van der Waals surface area contributed by atoms with Crippen molar-refractivity contribution < 1.29 is 9.90 Å². The summed E-state index contributed by atoms with van der Waals surface area (Å²) < 4.78 is 0. The van der Waals surface area contributed by atoms with Crippen molar-refractivity contribution in [2.24, 2.45) is 5.73 Å². The van der Waals surface area contributed by atoms with Crippen molar-refractivity contribution in [3.8, 4) is 0 Å². The molecule has 0 aliphatic rings. The number of nitrogens with two attached hydrogens (primary N) is 1. The molecule has 0 aromatic heterocycles. The van der Waals surface area contributed by atoms with E-state index in [4.69, 9.17) is 10.8 Å². The third kappa shape index (κ3) is 3.81. The zero-order chi connectivity index (χ0) is 6.78. The summed E-state index contributed by atoms with van der Waals surface area (Å²) >= 11 is 3.73. The predicted octanol–water partition coefficient (Wildman–Crippen LogP) is -0.663. The number of rotatable bonds is 2. The molecule has 0 aliphatic heterocycles. The fourth-order valence-corrected chi connectivity index (χ4v) is 0.203. The smallest absolute Gasteiger partial charge is 0.324 e. The van der Waals surface area contributed by atoms with Gasteiger partial charge in [-0.05, 0) is 6.92 Å². The third-order valence-electron chi connectivity index (χ3n) is 0.817. The van der Waals surface area contributed by atoms with Crippen LogP contribution in [0.4, 0.5) is 0 Å². The van der Waals surface area contributed by atoms with E-state index in [1.54, 1.807) is 0 Å². The summed E-state index contributed by atoms with van der Waals surface area (Å²) in [5.41, 5.74) is 4.01. The third-order valence-corrected chi connectivity index (χ3v) is 1.47. The first-order valence-electron chi connectivity index (χ1n) is 2.14. The fourth-order valence-electron chi connectivity index (χ4n) is 0.0676. The van der Waals surface area contributed by atoms with Crippen LogP contribution < -0.4 is 5.73 Å². The van der Waals surface area contributed by atoms with Gasteiger partial charge in [-0.3, -0.25) is 4.79 Å². The second-order valence-electron chi connectivity index (χ2n) is 1.88. The van der Waals surface area contributed by atoms with Crippen LogP contribution in [0, 0.1) is 0 Å². The Bertz CT molecular complexity index is 107. The monoisotopic (exact) mass is 215 g/mol. The molecule has 1 atom stereocenters. The van der Waals surface area contributed by atoms with Crippen molar-refractivity contribution >= 4 is 35.7 Å². The summed E-state index contributed by atoms with van der Waals surface area (Å²) in [6, 6.07) is 0. The first kappa shape index (κ1) is 12.0. The number of hydrogen-bond donors (Lipinski definition) is 3. The summed E-state index contributed by atoms with van der Waals surface area (Å²) in [4.78, 5) is 10.1. The van der Waals surface area contributed by atoms with Gasteiger partial charge < -0.3 is 10.8 Å². The minimum Gasteiger partial charge on any atom is -0.480 e. The van der Waals surface area contributed by atoms with Crippen LogP contribution in [0.3, 0.4) is 0 Å². The molecule has 1 unspecified atom stereocenters. The molecule has 9 heavy (non-hydrogen) atoms. The second-order valence-corrected chi connectivity index (χ2v) is 2.20. The van der Waals surface area contributed by atoms with E-state index in [-0.39, 0.29) is 22.8 Å². The Kier molecular flexibility index (Phi) is 5.57. The molecule has 0 amide bonds. The molecule has 54 valence electrons. The van der Waals surface area contributed by atoms with Gasteiger partial charge in [-0.25, -0.2) is 0 Å². The van der Waals surface area contributed by atoms with Gasteiger partial charge in [0.05, 0.1) is 0 Å². The van der Waals surface area contributed by atoms with Crippen molar-refractivity contribution in [1.29, 1.82) is 0 Å². The van der Waals surface area contributed by atoms with E-state index in [2.05, 4.69) is 12.6 Å². The van der Waals surface area contributed by atoms with Gasteiger partial charge in [0.1, 0.15) is 5.54 Å². The molecule has 0 bridgehead atoms. The van der Waals surface area contributed by atoms with Gasteiger partial charge in [-0.1, -0.05) is 0 Å². The van der Waals surface area contributed by atoms with E-state index >= 15 is 0 Å². The zero-order valence-electron chi connectivity index (χ0n) is 5.00. The van der Waals surface area contributed by atoms with Gasteiger partial charge >= 0.3 is 5.97 Å². The SMILES string of the molecule is CC(N)(CS)C(=O)O.[Se]. The number of thiol groups is 1. The molecule has 0 aliphatic carbocycles. The van der Waals surface area contributed by atoms with E-state index in [1.165, 1.54) is 6.92 Å². The summed E-state index contributed by atoms with van der Waals surface area (Å²) in [7, 11) is 0. The van der Waals surface area contributed by atoms with Crippen molar-refractivity contribution in [1.82, 2.24) is 0 Å². The molecule has 0 heterocycles. The average Bonchev–Trinajstić information content (AvgIpc) is 1.67. The van der Waals surface area contributed by atoms with Crippen LogP contribution in [0.15, 0.2) is 0 Å². The Balaban J connectivity index is 0. The number of aliphatic carboxylic acids is 1. The topological polar surface area (TPSA) is 63.3 Å². The molecule has 3 nitrogen and oxygen atoms in total. The van der Waals surface area contributed by atoms with Gasteiger partial charge in [0, 0.05) is 22.8 Å². The maximum Gasteiger partial charge on any atom is 0.324 e. The minimum absolute atomic E-state index is 0. The van der Waals surface area contributed by atoms with Crippen LogP contribution in [0.25, 0.3) is 0 Å². The Morgan fingerprint density at radius 1 is 1.89 bits per heavy atom. The standard InChI is InChI=1S/C4H9NO2S.Se/c1-4(5,2-8)3(6)7;/h8H,2,5H2,1H3,(H,6,7);. The van der Waals surface area contributed by atoms with E-state index in [0.29, 0.717) is 0 Å². The van der Waals surface area contributed by atoms with Crippen molar-refractivity contribution in [3.05, 3.63) is 0 Å². The molecule has 3 N–H and O–H groups in total. The average molecular weight is 214 g/mol. The first-order valence-corrected chi connectivity index (χ1v) is 2.77. The molecule has 5 heteroatoms. The molecular weight excluding hydrogens is 205 g/mol. The van der Waals surface area contributed by atoms with E-state index in [9.17, 15) is 4.79 Å². The molecule has 0 saturated heterocycles. The Morgan fingerprint density at radius 2 is 2.22 bits per heavy atom. The maximum absolute atomic E-state index is 10.1. The fraction of sp³-hybridized carbons (Fsp3) is 0.750. The van der Waals surface area contributed by atoms with Crippen LogP contribution in [0.1, 0.15) is 6.92 Å². The van der Waals surface area contributed by atoms with Gasteiger partial charge in [0.2, 0.25) is 0 Å². The van der Waals surface area contributed by atoms with E-state index in [0.717, 1.165) is 0 Å². The van der Waals surface area contributed by atoms with Gasteiger partial charge in [-0.2, -0.15) is 12.6 Å². The van der Waals surface area contributed by atoms with Crippen LogP contribution in [0.2, 0.25) is 0 Å². The largest absolute Gasteiger partial charge is 0.480 e. The summed E-state index contributed by atoms with van der Waals surface area (Å²) in [5, 5.41) is 8.27. The van der Waals surface area contributed by atoms with Crippen molar-refractivity contribution in [3.63, 3.8) is 0 Å². The summed E-state index contributed by atoms with van der Waals surface area (Å²) in [6.07, 6.45) is 0. The van der Waals surface area contributed by atoms with Crippen LogP contribution >= 0.6 is 12.6 Å². The second kappa shape index (κ2) is 4.17. The summed E-state index contributed by atoms with van der Waals surface area (Å²) in [6.45, 7) is 1.42. The molecule has 0 fully saturated rings. The predicted molar refractivity (Wildman–Crippen MR) is 39.8 cm³/mol. The molecular formula is C4H9NO2SSe. The first-order chi connectivity index (χ1) is 3.50. The quantitative estimate of drug-likeness (QED) is 0.422. The molecule has 0 aromatic rings. The molecule has 2 radical (unpaired) electrons. The Hall–Kier alpha value is 0.299. The minimum atomic E-state index is -1.18. The van der Waals surface area contributed by atoms with Gasteiger partial charge in [0.15, 0.2) is 0 Å². The number of hydrogen-bond acceptors (Lipinski definition) is 3. The molecule has 0 saturated carbocycles. The van der Waals surface area contributed by atoms with Crippen molar-refractivity contribution in [2.75, 3.05) is 5.75 Å². The summed E-state index contributed by atoms with van der Waals surface area (Å²) in [5.74, 6) is -0.866. The molecule has 0 rings (SSSR count). The zero-order valence-corrected chi connectivity index (χ0v) is 7.60. The number of carboxylic acid groups (broad SMARTS) is 1. The number of carboxylic acids is 1. The normalized spacial score (nSPS) is 15.4. The maximum atomic E-state index is 10.1. The molecule has 0 spiro atoms. The van der Waals surface area contributed by atoms with E-state index < -0.39 is 11.5 Å². The van der Waals surface area contributed by atoms with Gasteiger partial charge in [0.25, 0.3) is 0 Å².